The van der Waals surface area contributed by atoms with Gasteiger partial charge in [0.1, 0.15) is 5.75 Å². The van der Waals surface area contributed by atoms with Crippen molar-refractivity contribution < 1.29 is 14.3 Å². The van der Waals surface area contributed by atoms with Crippen LogP contribution in [0.1, 0.15) is 6.92 Å². The summed E-state index contributed by atoms with van der Waals surface area (Å²) in [5.41, 5.74) is 2.28. The minimum Gasteiger partial charge on any atom is -0.484 e. The molecule has 6 nitrogen and oxygen atoms in total. The van der Waals surface area contributed by atoms with Gasteiger partial charge in [0.25, 0.3) is 5.91 Å². The van der Waals surface area contributed by atoms with Crippen molar-refractivity contribution in [2.24, 2.45) is 0 Å². The monoisotopic (exact) mass is 383 g/mol. The van der Waals surface area contributed by atoms with Gasteiger partial charge in [0, 0.05) is 22.3 Å². The Bertz CT molecular complexity index is 882. The molecule has 1 N–H and O–H groups in total. The number of amides is 1. The van der Waals surface area contributed by atoms with Gasteiger partial charge in [-0.25, -0.2) is 0 Å². The van der Waals surface area contributed by atoms with Gasteiger partial charge < -0.3 is 14.8 Å². The number of benzene rings is 2. The first-order chi connectivity index (χ1) is 13.1. The Labute approximate surface area is 162 Å². The molecule has 0 unspecified atom stereocenters. The Morgan fingerprint density at radius 2 is 1.70 bits per heavy atom. The maximum Gasteiger partial charge on any atom is 0.262 e. The molecule has 0 bridgehead atoms. The average molecular weight is 384 g/mol. The van der Waals surface area contributed by atoms with Gasteiger partial charge in [-0.3, -0.25) is 4.79 Å². The number of anilines is 1. The number of hydrogen-bond donors (Lipinski definition) is 1. The van der Waals surface area contributed by atoms with Gasteiger partial charge in [-0.05, 0) is 49.4 Å². The van der Waals surface area contributed by atoms with Crippen LogP contribution in [0.15, 0.2) is 60.7 Å². The lowest BCUT2D eigenvalue weighted by Gasteiger charge is -2.08. The molecule has 0 aliphatic carbocycles. The number of aromatic nitrogens is 2. The molecule has 1 aromatic heterocycles. The third-order valence-electron chi connectivity index (χ3n) is 3.58. The van der Waals surface area contributed by atoms with Crippen molar-refractivity contribution in [3.05, 3.63) is 65.7 Å². The summed E-state index contributed by atoms with van der Waals surface area (Å²) in [4.78, 5) is 12.0. The van der Waals surface area contributed by atoms with E-state index in [1.807, 2.05) is 25.1 Å². The Hall–Kier alpha value is -3.12. The van der Waals surface area contributed by atoms with Crippen molar-refractivity contribution in [2.45, 2.75) is 6.92 Å². The van der Waals surface area contributed by atoms with Crippen LogP contribution >= 0.6 is 11.6 Å². The van der Waals surface area contributed by atoms with Crippen molar-refractivity contribution in [1.82, 2.24) is 10.2 Å². The van der Waals surface area contributed by atoms with Crippen molar-refractivity contribution in [3.63, 3.8) is 0 Å². The van der Waals surface area contributed by atoms with Crippen LogP contribution in [0.4, 0.5) is 5.69 Å². The topological polar surface area (TPSA) is 73.3 Å². The first kappa shape index (κ1) is 18.7. The fraction of sp³-hybridized carbons (Fsp3) is 0.150. The molecule has 7 heteroatoms. The second-order valence-electron chi connectivity index (χ2n) is 5.56. The molecular formula is C20H18ClN3O3. The lowest BCUT2D eigenvalue weighted by Crippen LogP contribution is -2.20. The lowest BCUT2D eigenvalue weighted by atomic mass is 10.1. The Balaban J connectivity index is 1.55. The summed E-state index contributed by atoms with van der Waals surface area (Å²) in [6.07, 6.45) is 0. The number of ether oxygens (including phenoxy) is 2. The van der Waals surface area contributed by atoms with E-state index < -0.39 is 0 Å². The van der Waals surface area contributed by atoms with Gasteiger partial charge in [0.05, 0.1) is 12.3 Å². The van der Waals surface area contributed by atoms with Crippen molar-refractivity contribution in [2.75, 3.05) is 18.5 Å². The fourth-order valence-electron chi connectivity index (χ4n) is 2.30. The summed E-state index contributed by atoms with van der Waals surface area (Å²) in [7, 11) is 0. The molecule has 0 fully saturated rings. The number of rotatable bonds is 7. The predicted octanol–water partition coefficient (Wildman–Crippen LogP) is 4.21. The fourth-order valence-corrected chi connectivity index (χ4v) is 2.43. The van der Waals surface area contributed by atoms with Crippen molar-refractivity contribution in [1.29, 1.82) is 0 Å². The molecule has 2 aromatic carbocycles. The van der Waals surface area contributed by atoms with Crippen LogP contribution in [-0.4, -0.2) is 29.3 Å². The van der Waals surface area contributed by atoms with Gasteiger partial charge in [0.15, 0.2) is 6.61 Å². The zero-order valence-electron chi connectivity index (χ0n) is 14.7. The number of carbonyl (C=O) groups excluding carboxylic acids is 1. The van der Waals surface area contributed by atoms with Crippen LogP contribution in [0.3, 0.4) is 0 Å². The van der Waals surface area contributed by atoms with E-state index >= 15 is 0 Å². The number of nitrogens with zero attached hydrogens (tertiary/aromatic N) is 2. The van der Waals surface area contributed by atoms with Gasteiger partial charge in [-0.15, -0.1) is 10.2 Å². The summed E-state index contributed by atoms with van der Waals surface area (Å²) in [6.45, 7) is 2.35. The molecule has 0 saturated carbocycles. The van der Waals surface area contributed by atoms with Crippen LogP contribution < -0.4 is 14.8 Å². The highest BCUT2D eigenvalue weighted by atomic mass is 35.5. The van der Waals surface area contributed by atoms with E-state index in [1.165, 1.54) is 0 Å². The molecule has 138 valence electrons. The molecule has 27 heavy (non-hydrogen) atoms. The number of hydrogen-bond acceptors (Lipinski definition) is 5. The first-order valence-corrected chi connectivity index (χ1v) is 8.77. The molecule has 0 spiro atoms. The van der Waals surface area contributed by atoms with Crippen molar-refractivity contribution >= 4 is 23.2 Å². The second-order valence-corrected chi connectivity index (χ2v) is 5.99. The van der Waals surface area contributed by atoms with E-state index in [1.54, 1.807) is 42.5 Å². The normalized spacial score (nSPS) is 10.3. The Kier molecular flexibility index (Phi) is 6.22. The summed E-state index contributed by atoms with van der Waals surface area (Å²) in [6, 6.07) is 17.8. The summed E-state index contributed by atoms with van der Waals surface area (Å²) in [5, 5.41) is 11.5. The van der Waals surface area contributed by atoms with Crippen LogP contribution in [0.5, 0.6) is 11.6 Å². The van der Waals surface area contributed by atoms with Crippen LogP contribution in [-0.2, 0) is 4.79 Å². The zero-order valence-corrected chi connectivity index (χ0v) is 15.4. The minimum absolute atomic E-state index is 0.0895. The molecule has 0 aliphatic heterocycles. The molecular weight excluding hydrogens is 366 g/mol. The molecule has 1 amide bonds. The molecule has 1 heterocycles. The maximum atomic E-state index is 12.0. The molecule has 0 atom stereocenters. The predicted molar refractivity (Wildman–Crippen MR) is 104 cm³/mol. The van der Waals surface area contributed by atoms with E-state index in [4.69, 9.17) is 21.1 Å². The van der Waals surface area contributed by atoms with Gasteiger partial charge in [-0.2, -0.15) is 0 Å². The van der Waals surface area contributed by atoms with Crippen LogP contribution in [0.2, 0.25) is 5.02 Å². The number of nitrogens with one attached hydrogen (secondary N) is 1. The first-order valence-electron chi connectivity index (χ1n) is 8.39. The highest BCUT2D eigenvalue weighted by molar-refractivity contribution is 6.30. The smallest absolute Gasteiger partial charge is 0.262 e. The quantitative estimate of drug-likeness (QED) is 0.661. The van der Waals surface area contributed by atoms with Gasteiger partial charge in [-0.1, -0.05) is 23.7 Å². The van der Waals surface area contributed by atoms with Crippen LogP contribution in [0, 0.1) is 0 Å². The average Bonchev–Trinajstić information content (AvgIpc) is 2.69. The van der Waals surface area contributed by atoms with Crippen molar-refractivity contribution in [3.8, 4) is 22.9 Å². The van der Waals surface area contributed by atoms with E-state index in [9.17, 15) is 4.79 Å². The van der Waals surface area contributed by atoms with E-state index in [0.29, 0.717) is 28.9 Å². The number of halogens is 1. The summed E-state index contributed by atoms with van der Waals surface area (Å²) in [5.74, 6) is 0.823. The standard InChI is InChI=1S/C20H18ClN3O3/c1-2-26-20-12-11-18(23-24-20)14-3-7-16(8-4-14)22-19(25)13-27-17-9-5-15(21)6-10-17/h3-12H,2,13H2,1H3,(H,22,25). The van der Waals surface area contributed by atoms with Gasteiger partial charge >= 0.3 is 0 Å². The molecule has 3 aromatic rings. The van der Waals surface area contributed by atoms with E-state index in [0.717, 1.165) is 11.3 Å². The summed E-state index contributed by atoms with van der Waals surface area (Å²) < 4.78 is 10.7. The minimum atomic E-state index is -0.251. The lowest BCUT2D eigenvalue weighted by molar-refractivity contribution is -0.118. The third-order valence-corrected chi connectivity index (χ3v) is 3.83. The summed E-state index contributed by atoms with van der Waals surface area (Å²) >= 11 is 5.81. The Morgan fingerprint density at radius 3 is 2.33 bits per heavy atom. The molecule has 0 radical (unpaired) electrons. The molecule has 3 rings (SSSR count). The zero-order chi connectivity index (χ0) is 19.1. The SMILES string of the molecule is CCOc1ccc(-c2ccc(NC(=O)COc3ccc(Cl)cc3)cc2)nn1. The highest BCUT2D eigenvalue weighted by Crippen LogP contribution is 2.20. The molecule has 0 saturated heterocycles. The Morgan fingerprint density at radius 1 is 0.963 bits per heavy atom. The maximum absolute atomic E-state index is 12.0. The number of carbonyl (C=O) groups is 1. The second kappa shape index (κ2) is 9.00. The van der Waals surface area contributed by atoms with E-state index in [-0.39, 0.29) is 12.5 Å². The third kappa shape index (κ3) is 5.43. The van der Waals surface area contributed by atoms with E-state index in [2.05, 4.69) is 15.5 Å². The highest BCUT2D eigenvalue weighted by Gasteiger charge is 2.06. The van der Waals surface area contributed by atoms with Crippen LogP contribution in [0.25, 0.3) is 11.3 Å². The van der Waals surface area contributed by atoms with Gasteiger partial charge in [0.2, 0.25) is 5.88 Å². The molecule has 0 aliphatic rings. The largest absolute Gasteiger partial charge is 0.484 e.